The lowest BCUT2D eigenvalue weighted by atomic mass is 10.3. The Kier molecular flexibility index (Phi) is 2.08. The van der Waals surface area contributed by atoms with Crippen LogP contribution in [0.4, 0.5) is 0 Å². The highest BCUT2D eigenvalue weighted by Gasteiger charge is 2.17. The molecule has 4 heteroatoms. The fraction of sp³-hybridized carbons (Fsp3) is 0. The summed E-state index contributed by atoms with van der Waals surface area (Å²) in [4.78, 5) is 0. The maximum absolute atomic E-state index is 9.73. The van der Waals surface area contributed by atoms with Gasteiger partial charge in [-0.2, -0.15) is 0 Å². The summed E-state index contributed by atoms with van der Waals surface area (Å²) in [5.74, 6) is 0.242. The van der Waals surface area contributed by atoms with Gasteiger partial charge in [-0.25, -0.2) is 0 Å². The second-order valence-electron chi connectivity index (χ2n) is 3.42. The second kappa shape index (κ2) is 3.57. The van der Waals surface area contributed by atoms with Crippen LogP contribution in [0.25, 0.3) is 15.9 Å². The Morgan fingerprint density at radius 1 is 1.00 bits per heavy atom. The van der Waals surface area contributed by atoms with Gasteiger partial charge >= 0.3 is 0 Å². The van der Waals surface area contributed by atoms with Crippen LogP contribution < -0.4 is 4.07 Å². The molecule has 0 unspecified atom stereocenters. The van der Waals surface area contributed by atoms with Crippen molar-refractivity contribution < 1.29 is 9.18 Å². The number of phenols is 1. The van der Waals surface area contributed by atoms with Crippen LogP contribution in [0.2, 0.25) is 0 Å². The van der Waals surface area contributed by atoms with Crippen molar-refractivity contribution in [2.24, 2.45) is 0 Å². The lowest BCUT2D eigenvalue weighted by molar-refractivity contribution is -0.586. The van der Waals surface area contributed by atoms with Crippen molar-refractivity contribution in [3.63, 3.8) is 0 Å². The van der Waals surface area contributed by atoms with Crippen LogP contribution in [0.5, 0.6) is 5.75 Å². The molecule has 1 heterocycles. The van der Waals surface area contributed by atoms with Crippen LogP contribution in [-0.2, 0) is 0 Å². The molecule has 1 N–H and O–H groups in total. The molecular formula is C12H9N2OS+. The molecule has 3 rings (SSSR count). The van der Waals surface area contributed by atoms with Crippen LogP contribution >= 0.6 is 11.5 Å². The molecule has 78 valence electrons. The SMILES string of the molecule is Oc1ccccc1-[n+]1nc2ccccc2s1. The van der Waals surface area contributed by atoms with E-state index < -0.39 is 0 Å². The minimum absolute atomic E-state index is 0.242. The predicted octanol–water partition coefficient (Wildman–Crippen LogP) is 2.28. The van der Waals surface area contributed by atoms with E-state index in [1.54, 1.807) is 16.2 Å². The van der Waals surface area contributed by atoms with Crippen LogP contribution in [0.3, 0.4) is 0 Å². The van der Waals surface area contributed by atoms with Gasteiger partial charge in [0.05, 0.1) is 0 Å². The highest BCUT2D eigenvalue weighted by atomic mass is 32.1. The molecule has 0 aliphatic heterocycles. The third-order valence-electron chi connectivity index (χ3n) is 2.34. The van der Waals surface area contributed by atoms with E-state index in [1.807, 2.05) is 36.4 Å². The van der Waals surface area contributed by atoms with Gasteiger partial charge in [0, 0.05) is 15.2 Å². The van der Waals surface area contributed by atoms with E-state index in [0.717, 1.165) is 10.2 Å². The Labute approximate surface area is 96.4 Å². The minimum atomic E-state index is 0.242. The number of aromatic nitrogens is 2. The van der Waals surface area contributed by atoms with Gasteiger partial charge < -0.3 is 5.11 Å². The summed E-state index contributed by atoms with van der Waals surface area (Å²) >= 11 is 1.51. The monoisotopic (exact) mass is 229 g/mol. The fourth-order valence-electron chi connectivity index (χ4n) is 1.56. The molecule has 0 amide bonds. The Morgan fingerprint density at radius 2 is 1.75 bits per heavy atom. The minimum Gasteiger partial charge on any atom is -0.502 e. The molecule has 0 aliphatic rings. The first-order chi connectivity index (χ1) is 7.84. The Morgan fingerprint density at radius 3 is 2.56 bits per heavy atom. The number of para-hydroxylation sites is 2. The van der Waals surface area contributed by atoms with Crippen molar-refractivity contribution in [2.75, 3.05) is 0 Å². The summed E-state index contributed by atoms with van der Waals surface area (Å²) in [6.07, 6.45) is 0. The lowest BCUT2D eigenvalue weighted by Crippen LogP contribution is -2.28. The molecule has 3 aromatic rings. The first-order valence-corrected chi connectivity index (χ1v) is 5.69. The standard InChI is InChI=1S/C12H8N2OS/c15-11-7-3-2-6-10(11)14-13-9-5-1-4-8-12(9)16-14/h1-8H/p+1. The maximum Gasteiger partial charge on any atom is 0.294 e. The van der Waals surface area contributed by atoms with Gasteiger partial charge in [-0.15, -0.1) is 0 Å². The van der Waals surface area contributed by atoms with Gasteiger partial charge in [-0.1, -0.05) is 24.3 Å². The number of aromatic hydroxyl groups is 1. The number of benzene rings is 2. The van der Waals surface area contributed by atoms with Crippen molar-refractivity contribution in [3.8, 4) is 11.4 Å². The first kappa shape index (κ1) is 9.30. The summed E-state index contributed by atoms with van der Waals surface area (Å²) < 4.78 is 2.84. The Balaban J connectivity index is 2.23. The van der Waals surface area contributed by atoms with Crippen LogP contribution in [0.15, 0.2) is 48.5 Å². The lowest BCUT2D eigenvalue weighted by Gasteiger charge is -1.90. The number of fused-ring (bicyclic) bond motifs is 1. The van der Waals surface area contributed by atoms with Gasteiger partial charge in [-0.05, 0) is 18.2 Å². The van der Waals surface area contributed by atoms with E-state index in [-0.39, 0.29) is 5.75 Å². The maximum atomic E-state index is 9.73. The van der Waals surface area contributed by atoms with E-state index in [2.05, 4.69) is 5.10 Å². The number of hydrogen-bond acceptors (Lipinski definition) is 3. The van der Waals surface area contributed by atoms with E-state index in [4.69, 9.17) is 0 Å². The third kappa shape index (κ3) is 1.44. The van der Waals surface area contributed by atoms with E-state index in [0.29, 0.717) is 5.69 Å². The van der Waals surface area contributed by atoms with Crippen molar-refractivity contribution in [2.45, 2.75) is 0 Å². The van der Waals surface area contributed by atoms with Crippen molar-refractivity contribution >= 4 is 21.7 Å². The first-order valence-electron chi connectivity index (χ1n) is 4.91. The average Bonchev–Trinajstić information content (AvgIpc) is 2.73. The van der Waals surface area contributed by atoms with Crippen molar-refractivity contribution in [3.05, 3.63) is 48.5 Å². The normalized spacial score (nSPS) is 10.8. The fourth-order valence-corrected chi connectivity index (χ4v) is 2.47. The highest BCUT2D eigenvalue weighted by Crippen LogP contribution is 2.19. The smallest absolute Gasteiger partial charge is 0.294 e. The van der Waals surface area contributed by atoms with Gasteiger partial charge in [-0.3, -0.25) is 0 Å². The molecular weight excluding hydrogens is 220 g/mol. The molecule has 0 saturated carbocycles. The second-order valence-corrected chi connectivity index (χ2v) is 4.39. The molecule has 2 aromatic carbocycles. The Hall–Kier alpha value is -1.94. The van der Waals surface area contributed by atoms with E-state index in [1.165, 1.54) is 11.5 Å². The van der Waals surface area contributed by atoms with Crippen LogP contribution in [0.1, 0.15) is 0 Å². The number of nitrogens with zero attached hydrogens (tertiary/aromatic N) is 2. The highest BCUT2D eigenvalue weighted by molar-refractivity contribution is 7.09. The molecule has 3 nitrogen and oxygen atoms in total. The quantitative estimate of drug-likeness (QED) is 0.650. The van der Waals surface area contributed by atoms with Gasteiger partial charge in [0.1, 0.15) is 4.70 Å². The third-order valence-corrected chi connectivity index (χ3v) is 3.33. The largest absolute Gasteiger partial charge is 0.502 e. The summed E-state index contributed by atoms with van der Waals surface area (Å²) in [6, 6.07) is 15.1. The van der Waals surface area contributed by atoms with Crippen LogP contribution in [0, 0.1) is 0 Å². The Bertz CT molecular complexity index is 615. The number of hydrogen-bond donors (Lipinski definition) is 1. The number of phenolic OH excluding ortho intramolecular Hbond substituents is 1. The zero-order chi connectivity index (χ0) is 11.0. The molecule has 0 atom stereocenters. The van der Waals surface area contributed by atoms with E-state index >= 15 is 0 Å². The molecule has 0 saturated heterocycles. The predicted molar refractivity (Wildman–Crippen MR) is 62.8 cm³/mol. The zero-order valence-corrected chi connectivity index (χ0v) is 9.19. The molecule has 0 fully saturated rings. The molecule has 1 aromatic heterocycles. The topological polar surface area (TPSA) is 37.0 Å². The van der Waals surface area contributed by atoms with Crippen LogP contribution in [-0.4, -0.2) is 10.2 Å². The summed E-state index contributed by atoms with van der Waals surface area (Å²) in [7, 11) is 0. The zero-order valence-electron chi connectivity index (χ0n) is 8.37. The molecule has 0 spiro atoms. The molecule has 0 radical (unpaired) electrons. The van der Waals surface area contributed by atoms with Crippen molar-refractivity contribution in [1.82, 2.24) is 5.10 Å². The van der Waals surface area contributed by atoms with Crippen molar-refractivity contribution in [1.29, 1.82) is 0 Å². The average molecular weight is 229 g/mol. The summed E-state index contributed by atoms with van der Waals surface area (Å²) in [5, 5.41) is 14.2. The van der Waals surface area contributed by atoms with Gasteiger partial charge in [0.2, 0.25) is 0 Å². The summed E-state index contributed by atoms with van der Waals surface area (Å²) in [5.41, 5.74) is 1.65. The van der Waals surface area contributed by atoms with Gasteiger partial charge in [0.25, 0.3) is 5.69 Å². The molecule has 0 bridgehead atoms. The summed E-state index contributed by atoms with van der Waals surface area (Å²) in [6.45, 7) is 0. The van der Waals surface area contributed by atoms with Gasteiger partial charge in [0.15, 0.2) is 22.8 Å². The molecule has 16 heavy (non-hydrogen) atoms. The molecule has 0 aliphatic carbocycles. The number of rotatable bonds is 1. The van der Waals surface area contributed by atoms with E-state index in [9.17, 15) is 5.11 Å².